The van der Waals surface area contributed by atoms with Gasteiger partial charge in [0.1, 0.15) is 5.75 Å². The van der Waals surface area contributed by atoms with Gasteiger partial charge in [0.2, 0.25) is 0 Å². The lowest BCUT2D eigenvalue weighted by Gasteiger charge is -2.25. The summed E-state index contributed by atoms with van der Waals surface area (Å²) in [6, 6.07) is 7.85. The minimum atomic E-state index is -0.335. The maximum absolute atomic E-state index is 10.5. The minimum Gasteiger partial charge on any atom is -0.497 e. The number of benzene rings is 1. The second-order valence-corrected chi connectivity index (χ2v) is 5.33. The van der Waals surface area contributed by atoms with Crippen molar-refractivity contribution in [3.63, 3.8) is 0 Å². The van der Waals surface area contributed by atoms with Gasteiger partial charge < -0.3 is 9.84 Å². The van der Waals surface area contributed by atoms with Gasteiger partial charge >= 0.3 is 0 Å². The lowest BCUT2D eigenvalue weighted by Crippen LogP contribution is -2.14. The fourth-order valence-corrected chi connectivity index (χ4v) is 2.90. The number of rotatable bonds is 3. The van der Waals surface area contributed by atoms with Crippen LogP contribution in [0.5, 0.6) is 5.75 Å². The quantitative estimate of drug-likeness (QED) is 0.873. The van der Waals surface area contributed by atoms with Crippen molar-refractivity contribution in [2.45, 2.75) is 51.0 Å². The standard InChI is InChI=1S/C16H24O2/c1-18-15-11-7-10-14(12-15)16(17)13-8-5-3-2-4-6-9-13/h7,10-13,16-17H,2-6,8-9H2,1H3. The first-order valence-electron chi connectivity index (χ1n) is 7.13. The van der Waals surface area contributed by atoms with E-state index >= 15 is 0 Å². The predicted molar refractivity (Wildman–Crippen MR) is 73.8 cm³/mol. The molecule has 1 N–H and O–H groups in total. The molecule has 1 atom stereocenters. The lowest BCUT2D eigenvalue weighted by atomic mass is 9.84. The van der Waals surface area contributed by atoms with Crippen LogP contribution in [-0.4, -0.2) is 12.2 Å². The molecule has 1 fully saturated rings. The van der Waals surface area contributed by atoms with Gasteiger partial charge in [-0.3, -0.25) is 0 Å². The Labute approximate surface area is 110 Å². The first-order valence-corrected chi connectivity index (χ1v) is 7.13. The van der Waals surface area contributed by atoms with Gasteiger partial charge in [0.05, 0.1) is 13.2 Å². The molecular weight excluding hydrogens is 224 g/mol. The molecule has 1 aromatic carbocycles. The van der Waals surface area contributed by atoms with Gasteiger partial charge in [0.25, 0.3) is 0 Å². The average Bonchev–Trinajstić information content (AvgIpc) is 2.38. The Morgan fingerprint density at radius 2 is 1.78 bits per heavy atom. The van der Waals surface area contributed by atoms with Gasteiger partial charge in [-0.1, -0.05) is 44.2 Å². The molecule has 100 valence electrons. The van der Waals surface area contributed by atoms with Crippen molar-refractivity contribution in [3.8, 4) is 5.75 Å². The van der Waals surface area contributed by atoms with Crippen molar-refractivity contribution < 1.29 is 9.84 Å². The summed E-state index contributed by atoms with van der Waals surface area (Å²) in [5.41, 5.74) is 1.000. The molecule has 0 spiro atoms. The molecule has 0 aromatic heterocycles. The SMILES string of the molecule is COc1cccc(C(O)C2CCCCCCC2)c1. The highest BCUT2D eigenvalue weighted by atomic mass is 16.5. The van der Waals surface area contributed by atoms with Crippen molar-refractivity contribution in [3.05, 3.63) is 29.8 Å². The molecule has 2 nitrogen and oxygen atoms in total. The fourth-order valence-electron chi connectivity index (χ4n) is 2.90. The molecule has 0 aliphatic heterocycles. The third kappa shape index (κ3) is 3.49. The van der Waals surface area contributed by atoms with Crippen molar-refractivity contribution >= 4 is 0 Å². The van der Waals surface area contributed by atoms with Crippen molar-refractivity contribution in [1.82, 2.24) is 0 Å². The van der Waals surface area contributed by atoms with Gasteiger partial charge in [-0.15, -0.1) is 0 Å². The van der Waals surface area contributed by atoms with Crippen LogP contribution in [0.2, 0.25) is 0 Å². The summed E-state index contributed by atoms with van der Waals surface area (Å²) in [5.74, 6) is 1.25. The summed E-state index contributed by atoms with van der Waals surface area (Å²) in [6.07, 6.45) is 8.48. The Balaban J connectivity index is 2.05. The zero-order valence-corrected chi connectivity index (χ0v) is 11.3. The molecule has 1 aliphatic rings. The Hall–Kier alpha value is -1.02. The summed E-state index contributed by atoms with van der Waals surface area (Å²) in [6.45, 7) is 0. The van der Waals surface area contributed by atoms with Crippen LogP contribution in [0, 0.1) is 5.92 Å². The van der Waals surface area contributed by atoms with E-state index < -0.39 is 0 Å². The number of methoxy groups -OCH3 is 1. The Morgan fingerprint density at radius 1 is 1.11 bits per heavy atom. The predicted octanol–water partition coefficient (Wildman–Crippen LogP) is 4.09. The second-order valence-electron chi connectivity index (χ2n) is 5.33. The smallest absolute Gasteiger partial charge is 0.119 e. The molecule has 1 saturated carbocycles. The number of hydrogen-bond acceptors (Lipinski definition) is 2. The maximum Gasteiger partial charge on any atom is 0.119 e. The van der Waals surface area contributed by atoms with Crippen LogP contribution in [0.1, 0.15) is 56.6 Å². The van der Waals surface area contributed by atoms with Crippen LogP contribution >= 0.6 is 0 Å². The van der Waals surface area contributed by atoms with E-state index in [2.05, 4.69) is 0 Å². The first kappa shape index (κ1) is 13.4. The summed E-state index contributed by atoms with van der Waals surface area (Å²) in [4.78, 5) is 0. The van der Waals surface area contributed by atoms with Gasteiger partial charge in [0, 0.05) is 0 Å². The monoisotopic (exact) mass is 248 g/mol. The van der Waals surface area contributed by atoms with E-state index in [0.717, 1.165) is 24.2 Å². The zero-order valence-electron chi connectivity index (χ0n) is 11.3. The molecule has 18 heavy (non-hydrogen) atoms. The van der Waals surface area contributed by atoms with E-state index in [1.54, 1.807) is 7.11 Å². The van der Waals surface area contributed by atoms with Crippen LogP contribution in [-0.2, 0) is 0 Å². The molecule has 0 amide bonds. The molecule has 1 unspecified atom stereocenters. The Bertz CT molecular complexity index is 354. The summed E-state index contributed by atoms with van der Waals surface area (Å²) >= 11 is 0. The molecule has 0 saturated heterocycles. The molecule has 0 heterocycles. The molecule has 2 rings (SSSR count). The summed E-state index contributed by atoms with van der Waals surface area (Å²) < 4.78 is 5.23. The van der Waals surface area contributed by atoms with E-state index in [1.165, 1.54) is 32.1 Å². The topological polar surface area (TPSA) is 29.5 Å². The Kier molecular flexibility index (Phi) is 5.06. The zero-order chi connectivity index (χ0) is 12.8. The average molecular weight is 248 g/mol. The highest BCUT2D eigenvalue weighted by molar-refractivity contribution is 5.30. The first-order chi connectivity index (χ1) is 8.81. The van der Waals surface area contributed by atoms with Crippen molar-refractivity contribution in [1.29, 1.82) is 0 Å². The molecule has 1 aromatic rings. The second kappa shape index (κ2) is 6.79. The van der Waals surface area contributed by atoms with Gasteiger partial charge in [0.15, 0.2) is 0 Å². The number of hydrogen-bond donors (Lipinski definition) is 1. The van der Waals surface area contributed by atoms with E-state index in [1.807, 2.05) is 24.3 Å². The minimum absolute atomic E-state index is 0.335. The number of ether oxygens (including phenoxy) is 1. The molecule has 0 radical (unpaired) electrons. The number of aliphatic hydroxyl groups excluding tert-OH is 1. The van der Waals surface area contributed by atoms with Crippen LogP contribution in [0.4, 0.5) is 0 Å². The molecule has 2 heteroatoms. The Morgan fingerprint density at radius 3 is 2.44 bits per heavy atom. The van der Waals surface area contributed by atoms with Crippen LogP contribution < -0.4 is 4.74 Å². The normalized spacial score (nSPS) is 19.9. The van der Waals surface area contributed by atoms with Crippen LogP contribution in [0.15, 0.2) is 24.3 Å². The van der Waals surface area contributed by atoms with Crippen LogP contribution in [0.25, 0.3) is 0 Å². The highest BCUT2D eigenvalue weighted by Crippen LogP contribution is 2.33. The van der Waals surface area contributed by atoms with Crippen molar-refractivity contribution in [2.75, 3.05) is 7.11 Å². The highest BCUT2D eigenvalue weighted by Gasteiger charge is 2.21. The lowest BCUT2D eigenvalue weighted by molar-refractivity contribution is 0.0910. The third-order valence-electron chi connectivity index (χ3n) is 4.03. The summed E-state index contributed by atoms with van der Waals surface area (Å²) in [5, 5.41) is 10.5. The molecular formula is C16H24O2. The summed E-state index contributed by atoms with van der Waals surface area (Å²) in [7, 11) is 1.67. The van der Waals surface area contributed by atoms with Gasteiger partial charge in [-0.2, -0.15) is 0 Å². The van der Waals surface area contributed by atoms with E-state index in [-0.39, 0.29) is 6.10 Å². The third-order valence-corrected chi connectivity index (χ3v) is 4.03. The maximum atomic E-state index is 10.5. The van der Waals surface area contributed by atoms with Gasteiger partial charge in [-0.25, -0.2) is 0 Å². The number of aliphatic hydroxyl groups is 1. The van der Waals surface area contributed by atoms with Crippen LogP contribution in [0.3, 0.4) is 0 Å². The van der Waals surface area contributed by atoms with Gasteiger partial charge in [-0.05, 0) is 36.5 Å². The van der Waals surface area contributed by atoms with Crippen molar-refractivity contribution in [2.24, 2.45) is 5.92 Å². The van der Waals surface area contributed by atoms with E-state index in [0.29, 0.717) is 5.92 Å². The van der Waals surface area contributed by atoms with E-state index in [9.17, 15) is 5.11 Å². The molecule has 0 bridgehead atoms. The largest absolute Gasteiger partial charge is 0.497 e. The molecule has 1 aliphatic carbocycles. The van der Waals surface area contributed by atoms with E-state index in [4.69, 9.17) is 4.74 Å². The fraction of sp³-hybridized carbons (Fsp3) is 0.625.